The molecule has 2 aromatic carbocycles. The second-order valence-electron chi connectivity index (χ2n) is 5.97. The largest absolute Gasteiger partial charge is 0.332 e. The fourth-order valence-corrected chi connectivity index (χ4v) is 2.47. The Labute approximate surface area is 151 Å². The number of nitrogens with one attached hydrogen (secondary N) is 1. The fraction of sp³-hybridized carbons (Fsp3) is 0.158. The summed E-state index contributed by atoms with van der Waals surface area (Å²) in [4.78, 5) is 26.1. The van der Waals surface area contributed by atoms with Crippen molar-refractivity contribution in [3.05, 3.63) is 72.1 Å². The van der Waals surface area contributed by atoms with E-state index in [4.69, 9.17) is 0 Å². The van der Waals surface area contributed by atoms with E-state index in [1.807, 2.05) is 37.3 Å². The Kier molecular flexibility index (Phi) is 5.07. The number of hydrogen-bond acceptors (Lipinski definition) is 4. The van der Waals surface area contributed by atoms with Crippen LogP contribution in [0.25, 0.3) is 5.69 Å². The molecule has 2 amide bonds. The van der Waals surface area contributed by atoms with Crippen LogP contribution in [0.2, 0.25) is 0 Å². The molecule has 0 saturated carbocycles. The van der Waals surface area contributed by atoms with E-state index in [-0.39, 0.29) is 18.4 Å². The molecule has 0 aliphatic heterocycles. The van der Waals surface area contributed by atoms with E-state index in [0.29, 0.717) is 11.3 Å². The number of carbonyl (C=O) groups excluding carboxylic acids is 2. The summed E-state index contributed by atoms with van der Waals surface area (Å²) in [6.45, 7) is 1.94. The number of amides is 2. The van der Waals surface area contributed by atoms with Crippen LogP contribution >= 0.6 is 0 Å². The van der Waals surface area contributed by atoms with E-state index in [1.165, 1.54) is 4.90 Å². The molecule has 1 N–H and O–H groups in total. The molecule has 0 aliphatic carbocycles. The van der Waals surface area contributed by atoms with Crippen molar-refractivity contribution in [2.75, 3.05) is 18.9 Å². The summed E-state index contributed by atoms with van der Waals surface area (Å²) in [6, 6.07) is 14.5. The molecule has 0 saturated heterocycles. The van der Waals surface area contributed by atoms with E-state index in [9.17, 15) is 9.59 Å². The maximum Gasteiger partial charge on any atom is 0.254 e. The van der Waals surface area contributed by atoms with Crippen molar-refractivity contribution in [1.29, 1.82) is 0 Å². The second kappa shape index (κ2) is 7.60. The first-order valence-corrected chi connectivity index (χ1v) is 8.11. The van der Waals surface area contributed by atoms with Crippen molar-refractivity contribution in [3.8, 4) is 5.69 Å². The number of carbonyl (C=O) groups is 2. The summed E-state index contributed by atoms with van der Waals surface area (Å²) in [7, 11) is 1.60. The number of likely N-dealkylation sites (N-methyl/N-ethyl adjacent to an activating group) is 1. The Hall–Kier alpha value is -3.48. The normalized spacial score (nSPS) is 10.4. The molecule has 3 rings (SSSR count). The van der Waals surface area contributed by atoms with Crippen LogP contribution < -0.4 is 5.32 Å². The van der Waals surface area contributed by atoms with Crippen LogP contribution in [0.5, 0.6) is 0 Å². The van der Waals surface area contributed by atoms with Crippen molar-refractivity contribution < 1.29 is 9.59 Å². The van der Waals surface area contributed by atoms with E-state index >= 15 is 0 Å². The molecule has 7 nitrogen and oxygen atoms in total. The van der Waals surface area contributed by atoms with Gasteiger partial charge in [-0.1, -0.05) is 29.0 Å². The van der Waals surface area contributed by atoms with Gasteiger partial charge >= 0.3 is 0 Å². The molecule has 1 aromatic heterocycles. The fourth-order valence-electron chi connectivity index (χ4n) is 2.47. The molecule has 132 valence electrons. The Morgan fingerprint density at radius 3 is 2.62 bits per heavy atom. The molecule has 7 heteroatoms. The van der Waals surface area contributed by atoms with Gasteiger partial charge in [0.15, 0.2) is 0 Å². The lowest BCUT2D eigenvalue weighted by atomic mass is 10.1. The Morgan fingerprint density at radius 1 is 1.15 bits per heavy atom. The molecular weight excluding hydrogens is 330 g/mol. The molecular formula is C19H19N5O2. The summed E-state index contributed by atoms with van der Waals surface area (Å²) in [5, 5.41) is 10.5. The topological polar surface area (TPSA) is 80.1 Å². The number of rotatable bonds is 5. The first-order valence-electron chi connectivity index (χ1n) is 8.11. The predicted octanol–water partition coefficient (Wildman–Crippen LogP) is 2.29. The van der Waals surface area contributed by atoms with Crippen LogP contribution in [-0.4, -0.2) is 45.3 Å². The monoisotopic (exact) mass is 349 g/mol. The smallest absolute Gasteiger partial charge is 0.254 e. The number of benzene rings is 2. The highest BCUT2D eigenvalue weighted by atomic mass is 16.2. The molecule has 0 aliphatic rings. The van der Waals surface area contributed by atoms with Gasteiger partial charge in [0.1, 0.15) is 0 Å². The molecule has 0 atom stereocenters. The van der Waals surface area contributed by atoms with Crippen molar-refractivity contribution in [2.45, 2.75) is 6.92 Å². The second-order valence-corrected chi connectivity index (χ2v) is 5.97. The summed E-state index contributed by atoms with van der Waals surface area (Å²) in [5.41, 5.74) is 3.02. The number of aryl methyl sites for hydroxylation is 1. The lowest BCUT2D eigenvalue weighted by Crippen LogP contribution is -2.35. The summed E-state index contributed by atoms with van der Waals surface area (Å²) in [5.74, 6) is -0.497. The lowest BCUT2D eigenvalue weighted by Gasteiger charge is -2.17. The molecule has 26 heavy (non-hydrogen) atoms. The number of hydrogen-bond donors (Lipinski definition) is 1. The maximum absolute atomic E-state index is 12.6. The van der Waals surface area contributed by atoms with Gasteiger partial charge in [0.2, 0.25) is 5.91 Å². The quantitative estimate of drug-likeness (QED) is 0.766. The Morgan fingerprint density at radius 2 is 1.92 bits per heavy atom. The van der Waals surface area contributed by atoms with Crippen molar-refractivity contribution in [2.24, 2.45) is 0 Å². The average Bonchev–Trinajstić information content (AvgIpc) is 3.18. The molecule has 0 unspecified atom stereocenters. The standard InChI is InChI=1S/C19H19N5O2/c1-14-6-8-16(9-7-14)21-18(25)13-23(2)19(26)15-4-3-5-17(12-15)24-11-10-20-22-24/h3-12H,13H2,1-2H3,(H,21,25). The molecule has 0 spiro atoms. The minimum Gasteiger partial charge on any atom is -0.332 e. The third-order valence-electron chi connectivity index (χ3n) is 3.84. The molecule has 3 aromatic rings. The van der Waals surface area contributed by atoms with Crippen molar-refractivity contribution >= 4 is 17.5 Å². The first kappa shape index (κ1) is 17.3. The van der Waals surface area contributed by atoms with Gasteiger partial charge in [0.25, 0.3) is 5.91 Å². The third-order valence-corrected chi connectivity index (χ3v) is 3.84. The van der Waals surface area contributed by atoms with E-state index in [2.05, 4.69) is 15.6 Å². The summed E-state index contributed by atoms with van der Waals surface area (Å²) >= 11 is 0. The van der Waals surface area contributed by atoms with Gasteiger partial charge in [-0.25, -0.2) is 4.68 Å². The van der Waals surface area contributed by atoms with E-state index in [0.717, 1.165) is 11.3 Å². The van der Waals surface area contributed by atoms with Gasteiger partial charge in [-0.05, 0) is 37.3 Å². The van der Waals surface area contributed by atoms with Crippen molar-refractivity contribution in [3.63, 3.8) is 0 Å². The van der Waals surface area contributed by atoms with Crippen molar-refractivity contribution in [1.82, 2.24) is 19.9 Å². The summed E-state index contributed by atoms with van der Waals surface area (Å²) < 4.78 is 1.57. The molecule has 1 heterocycles. The van der Waals surface area contributed by atoms with Gasteiger partial charge in [-0.15, -0.1) is 5.10 Å². The number of aromatic nitrogens is 3. The van der Waals surface area contributed by atoms with Crippen LogP contribution in [-0.2, 0) is 4.79 Å². The first-order chi connectivity index (χ1) is 12.5. The highest BCUT2D eigenvalue weighted by Crippen LogP contribution is 2.12. The molecule has 0 radical (unpaired) electrons. The summed E-state index contributed by atoms with van der Waals surface area (Å²) in [6.07, 6.45) is 3.26. The Balaban J connectivity index is 1.65. The van der Waals surface area contributed by atoms with Crippen LogP contribution in [0.4, 0.5) is 5.69 Å². The zero-order valence-corrected chi connectivity index (χ0v) is 14.6. The Bertz CT molecular complexity index is 904. The highest BCUT2D eigenvalue weighted by molar-refractivity contribution is 5.99. The van der Waals surface area contributed by atoms with E-state index in [1.54, 1.807) is 42.3 Å². The minimum atomic E-state index is -0.253. The van der Waals surface area contributed by atoms with Gasteiger partial charge in [-0.2, -0.15) is 0 Å². The van der Waals surface area contributed by atoms with E-state index < -0.39 is 0 Å². The third kappa shape index (κ3) is 4.13. The maximum atomic E-state index is 12.6. The SMILES string of the molecule is Cc1ccc(NC(=O)CN(C)C(=O)c2cccc(-n3ccnn3)c2)cc1. The lowest BCUT2D eigenvalue weighted by molar-refractivity contribution is -0.116. The highest BCUT2D eigenvalue weighted by Gasteiger charge is 2.16. The van der Waals surface area contributed by atoms with Crippen LogP contribution in [0, 0.1) is 6.92 Å². The van der Waals surface area contributed by atoms with Gasteiger partial charge in [-0.3, -0.25) is 9.59 Å². The van der Waals surface area contributed by atoms with Gasteiger partial charge in [0.05, 0.1) is 24.6 Å². The van der Waals surface area contributed by atoms with Crippen LogP contribution in [0.3, 0.4) is 0 Å². The minimum absolute atomic E-state index is 0.0414. The molecule has 0 fully saturated rings. The van der Waals surface area contributed by atoms with Crippen LogP contribution in [0.15, 0.2) is 60.9 Å². The predicted molar refractivity (Wildman–Crippen MR) is 98.1 cm³/mol. The van der Waals surface area contributed by atoms with Gasteiger partial charge < -0.3 is 10.2 Å². The number of nitrogens with zero attached hydrogens (tertiary/aromatic N) is 4. The molecule has 0 bridgehead atoms. The zero-order chi connectivity index (χ0) is 18.5. The van der Waals surface area contributed by atoms with Gasteiger partial charge in [0, 0.05) is 18.3 Å². The van der Waals surface area contributed by atoms with Crippen LogP contribution in [0.1, 0.15) is 15.9 Å². The number of anilines is 1. The zero-order valence-electron chi connectivity index (χ0n) is 14.6. The average molecular weight is 349 g/mol.